The van der Waals surface area contributed by atoms with Crippen LogP contribution < -0.4 is 5.32 Å². The summed E-state index contributed by atoms with van der Waals surface area (Å²) in [6, 6.07) is 8.09. The minimum Gasteiger partial charge on any atom is -0.367 e. The van der Waals surface area contributed by atoms with Crippen molar-refractivity contribution in [2.45, 2.75) is 19.6 Å². The molecule has 15 heavy (non-hydrogen) atoms. The summed E-state index contributed by atoms with van der Waals surface area (Å²) >= 11 is 0. The molecule has 1 aliphatic heterocycles. The lowest BCUT2D eigenvalue weighted by atomic mass is 9.98. The van der Waals surface area contributed by atoms with E-state index in [9.17, 15) is 5.11 Å². The van der Waals surface area contributed by atoms with Crippen molar-refractivity contribution in [1.29, 1.82) is 0 Å². The second kappa shape index (κ2) is 3.24. The second-order valence-corrected chi connectivity index (χ2v) is 4.15. The van der Waals surface area contributed by atoms with Crippen LogP contribution in [0.2, 0.25) is 0 Å². The Morgan fingerprint density at radius 1 is 1.27 bits per heavy atom. The van der Waals surface area contributed by atoms with Crippen LogP contribution in [0.5, 0.6) is 0 Å². The average Bonchev–Trinajstić information content (AvgIpc) is 2.41. The summed E-state index contributed by atoms with van der Waals surface area (Å²) in [5, 5.41) is 13.0. The largest absolute Gasteiger partial charge is 0.367 e. The Bertz CT molecular complexity index is 426. The van der Waals surface area contributed by atoms with Crippen LogP contribution in [0.1, 0.15) is 18.1 Å². The molecule has 0 aliphatic carbocycles. The van der Waals surface area contributed by atoms with Gasteiger partial charge in [0, 0.05) is 11.3 Å². The van der Waals surface area contributed by atoms with Gasteiger partial charge in [-0.2, -0.15) is 0 Å². The third-order valence-electron chi connectivity index (χ3n) is 2.61. The first kappa shape index (κ1) is 9.99. The van der Waals surface area contributed by atoms with Crippen molar-refractivity contribution < 1.29 is 5.11 Å². The predicted molar refractivity (Wildman–Crippen MR) is 62.1 cm³/mol. The van der Waals surface area contributed by atoms with Gasteiger partial charge in [-0.1, -0.05) is 36.4 Å². The molecule has 78 valence electrons. The number of hydrogen-bond acceptors (Lipinski definition) is 2. The van der Waals surface area contributed by atoms with E-state index in [4.69, 9.17) is 0 Å². The fourth-order valence-electron chi connectivity index (χ4n) is 1.83. The van der Waals surface area contributed by atoms with Crippen molar-refractivity contribution >= 4 is 5.57 Å². The van der Waals surface area contributed by atoms with Crippen molar-refractivity contribution in [2.24, 2.45) is 0 Å². The molecular formula is C13H15NO. The van der Waals surface area contributed by atoms with Gasteiger partial charge in [0.1, 0.15) is 0 Å². The molecule has 2 heteroatoms. The van der Waals surface area contributed by atoms with Gasteiger partial charge in [0.25, 0.3) is 0 Å². The fraction of sp³-hybridized carbons (Fsp3) is 0.231. The van der Waals surface area contributed by atoms with Gasteiger partial charge >= 0.3 is 0 Å². The Kier molecular flexibility index (Phi) is 2.16. The maximum absolute atomic E-state index is 10.1. The molecule has 1 atom stereocenters. The summed E-state index contributed by atoms with van der Waals surface area (Å²) in [7, 11) is 0. The number of aryl methyl sites for hydroxylation is 1. The minimum atomic E-state index is -1.01. The second-order valence-electron chi connectivity index (χ2n) is 4.15. The molecule has 0 saturated heterocycles. The molecule has 0 spiro atoms. The van der Waals surface area contributed by atoms with Crippen LogP contribution in [0.25, 0.3) is 5.57 Å². The lowest BCUT2D eigenvalue weighted by Crippen LogP contribution is -2.37. The van der Waals surface area contributed by atoms with Crippen LogP contribution in [0.3, 0.4) is 0 Å². The molecule has 2 nitrogen and oxygen atoms in total. The van der Waals surface area contributed by atoms with Gasteiger partial charge < -0.3 is 10.4 Å². The molecule has 0 aromatic heterocycles. The number of hydrogen-bond donors (Lipinski definition) is 2. The lowest BCUT2D eigenvalue weighted by molar-refractivity contribution is 0.104. The highest BCUT2D eigenvalue weighted by molar-refractivity contribution is 5.76. The summed E-state index contributed by atoms with van der Waals surface area (Å²) < 4.78 is 0. The molecular weight excluding hydrogens is 186 g/mol. The molecule has 2 rings (SSSR count). The molecule has 1 aliphatic rings. The zero-order chi connectivity index (χ0) is 11.1. The standard InChI is InChI=1S/C13H15NO/c1-9-4-6-11(7-5-9)12-8-10(2)14-13(12,3)15/h4-8,14-15H,2H2,1,3H3. The highest BCUT2D eigenvalue weighted by Crippen LogP contribution is 2.31. The SMILES string of the molecule is C=C1C=C(c2ccc(C)cc2)C(C)(O)N1. The van der Waals surface area contributed by atoms with Crippen LogP contribution in [0.15, 0.2) is 42.6 Å². The number of benzene rings is 1. The third-order valence-corrected chi connectivity index (χ3v) is 2.61. The molecule has 2 N–H and O–H groups in total. The van der Waals surface area contributed by atoms with Crippen LogP contribution in [0.4, 0.5) is 0 Å². The Morgan fingerprint density at radius 2 is 1.87 bits per heavy atom. The van der Waals surface area contributed by atoms with Crippen molar-refractivity contribution in [1.82, 2.24) is 5.32 Å². The number of allylic oxidation sites excluding steroid dienone is 1. The first-order chi connectivity index (χ1) is 6.99. The Hall–Kier alpha value is -1.54. The van der Waals surface area contributed by atoms with Gasteiger partial charge in [-0.15, -0.1) is 0 Å². The van der Waals surface area contributed by atoms with Crippen LogP contribution in [0, 0.1) is 6.92 Å². The molecule has 0 bridgehead atoms. The smallest absolute Gasteiger partial charge is 0.159 e. The Labute approximate surface area is 89.9 Å². The normalized spacial score (nSPS) is 25.0. The van der Waals surface area contributed by atoms with E-state index in [2.05, 4.69) is 11.9 Å². The summed E-state index contributed by atoms with van der Waals surface area (Å²) in [5.41, 5.74) is 2.84. The van der Waals surface area contributed by atoms with Crippen LogP contribution in [-0.2, 0) is 0 Å². The van der Waals surface area contributed by atoms with Crippen LogP contribution >= 0.6 is 0 Å². The van der Waals surface area contributed by atoms with Gasteiger partial charge in [0.05, 0.1) is 0 Å². The first-order valence-corrected chi connectivity index (χ1v) is 4.98. The van der Waals surface area contributed by atoms with E-state index < -0.39 is 5.72 Å². The summed E-state index contributed by atoms with van der Waals surface area (Å²) in [6.07, 6.45) is 1.88. The van der Waals surface area contributed by atoms with E-state index in [1.54, 1.807) is 6.92 Å². The highest BCUT2D eigenvalue weighted by atomic mass is 16.3. The molecule has 1 heterocycles. The van der Waals surface area contributed by atoms with E-state index in [0.717, 1.165) is 16.8 Å². The van der Waals surface area contributed by atoms with Gasteiger partial charge in [-0.05, 0) is 25.5 Å². The fourth-order valence-corrected chi connectivity index (χ4v) is 1.83. The summed E-state index contributed by atoms with van der Waals surface area (Å²) in [6.45, 7) is 7.57. The van der Waals surface area contributed by atoms with E-state index in [1.165, 1.54) is 5.56 Å². The molecule has 1 aromatic rings. The van der Waals surface area contributed by atoms with Crippen LogP contribution in [-0.4, -0.2) is 10.8 Å². The van der Waals surface area contributed by atoms with Gasteiger partial charge in [-0.25, -0.2) is 0 Å². The maximum Gasteiger partial charge on any atom is 0.159 e. The molecule has 0 radical (unpaired) electrons. The maximum atomic E-state index is 10.1. The predicted octanol–water partition coefficient (Wildman–Crippen LogP) is 2.20. The van der Waals surface area contributed by atoms with Gasteiger partial charge in [0.15, 0.2) is 5.72 Å². The highest BCUT2D eigenvalue weighted by Gasteiger charge is 2.31. The topological polar surface area (TPSA) is 32.3 Å². The molecule has 1 aromatic carbocycles. The van der Waals surface area contributed by atoms with Crippen molar-refractivity contribution in [3.63, 3.8) is 0 Å². The zero-order valence-corrected chi connectivity index (χ0v) is 9.04. The molecule has 0 fully saturated rings. The number of rotatable bonds is 1. The number of aliphatic hydroxyl groups is 1. The quantitative estimate of drug-likeness (QED) is 0.730. The van der Waals surface area contributed by atoms with Crippen molar-refractivity contribution in [3.05, 3.63) is 53.7 Å². The third kappa shape index (κ3) is 1.81. The Morgan fingerprint density at radius 3 is 2.33 bits per heavy atom. The van der Waals surface area contributed by atoms with Crippen molar-refractivity contribution in [2.75, 3.05) is 0 Å². The summed E-state index contributed by atoms with van der Waals surface area (Å²) in [5.74, 6) is 0. The van der Waals surface area contributed by atoms with Gasteiger partial charge in [0.2, 0.25) is 0 Å². The van der Waals surface area contributed by atoms with E-state index in [1.807, 2.05) is 37.3 Å². The van der Waals surface area contributed by atoms with E-state index in [0.29, 0.717) is 0 Å². The molecule has 0 saturated carbocycles. The number of nitrogens with one attached hydrogen (secondary N) is 1. The molecule has 0 amide bonds. The zero-order valence-electron chi connectivity index (χ0n) is 9.04. The monoisotopic (exact) mass is 201 g/mol. The minimum absolute atomic E-state index is 0.746. The Balaban J connectivity index is 2.43. The average molecular weight is 201 g/mol. The van der Waals surface area contributed by atoms with E-state index in [-0.39, 0.29) is 0 Å². The lowest BCUT2D eigenvalue weighted by Gasteiger charge is -2.22. The first-order valence-electron chi connectivity index (χ1n) is 4.98. The van der Waals surface area contributed by atoms with Crippen molar-refractivity contribution in [3.8, 4) is 0 Å². The van der Waals surface area contributed by atoms with E-state index >= 15 is 0 Å². The molecule has 1 unspecified atom stereocenters. The summed E-state index contributed by atoms with van der Waals surface area (Å²) in [4.78, 5) is 0. The van der Waals surface area contributed by atoms with Gasteiger partial charge in [-0.3, -0.25) is 0 Å².